The topological polar surface area (TPSA) is 68.0 Å². The third-order valence-electron chi connectivity index (χ3n) is 2.53. The highest BCUT2D eigenvalue weighted by molar-refractivity contribution is 7.99. The van der Waals surface area contributed by atoms with E-state index in [1.54, 1.807) is 17.6 Å². The van der Waals surface area contributed by atoms with Crippen LogP contribution >= 0.6 is 23.4 Å². The van der Waals surface area contributed by atoms with E-state index in [-0.39, 0.29) is 5.75 Å². The van der Waals surface area contributed by atoms with E-state index < -0.39 is 5.97 Å². The number of aliphatic carboxylic acids is 1. The molecule has 100 valence electrons. The van der Waals surface area contributed by atoms with Crippen LogP contribution in [0.3, 0.4) is 0 Å². The van der Waals surface area contributed by atoms with Gasteiger partial charge < -0.3 is 5.11 Å². The fourth-order valence-corrected chi connectivity index (χ4v) is 2.74. The molecular formula is C12H12ClN3O2S. The molecule has 0 bridgehead atoms. The Morgan fingerprint density at radius 2 is 2.16 bits per heavy atom. The van der Waals surface area contributed by atoms with E-state index in [0.717, 1.165) is 23.0 Å². The van der Waals surface area contributed by atoms with Crippen LogP contribution in [0.25, 0.3) is 5.69 Å². The van der Waals surface area contributed by atoms with E-state index in [2.05, 4.69) is 10.2 Å². The van der Waals surface area contributed by atoms with Crippen molar-refractivity contribution in [2.24, 2.45) is 0 Å². The molecule has 0 radical (unpaired) electrons. The molecule has 0 aliphatic rings. The van der Waals surface area contributed by atoms with Gasteiger partial charge in [-0.2, -0.15) is 0 Å². The molecule has 7 heteroatoms. The molecule has 0 amide bonds. The number of carboxylic acids is 1. The second kappa shape index (κ2) is 5.63. The van der Waals surface area contributed by atoms with Gasteiger partial charge in [0.15, 0.2) is 5.16 Å². The first-order valence-electron chi connectivity index (χ1n) is 5.53. The van der Waals surface area contributed by atoms with Gasteiger partial charge in [-0.25, -0.2) is 0 Å². The van der Waals surface area contributed by atoms with Crippen molar-refractivity contribution in [2.45, 2.75) is 19.0 Å². The van der Waals surface area contributed by atoms with Crippen molar-refractivity contribution < 1.29 is 9.90 Å². The highest BCUT2D eigenvalue weighted by Gasteiger charge is 2.16. The first kappa shape index (κ1) is 13.9. The second-order valence-electron chi connectivity index (χ2n) is 3.95. The summed E-state index contributed by atoms with van der Waals surface area (Å²) < 4.78 is 1.78. The lowest BCUT2D eigenvalue weighted by atomic mass is 10.2. The second-order valence-corrected chi connectivity index (χ2v) is 5.30. The molecular weight excluding hydrogens is 286 g/mol. The maximum atomic E-state index is 10.7. The number of aryl methyl sites for hydroxylation is 2. The summed E-state index contributed by atoms with van der Waals surface area (Å²) in [5, 5.41) is 17.8. The maximum absolute atomic E-state index is 10.7. The number of hydrogen-bond donors (Lipinski definition) is 1. The Hall–Kier alpha value is -1.53. The highest BCUT2D eigenvalue weighted by atomic mass is 35.5. The van der Waals surface area contributed by atoms with E-state index in [0.29, 0.717) is 16.0 Å². The highest BCUT2D eigenvalue weighted by Crippen LogP contribution is 2.29. The zero-order valence-electron chi connectivity index (χ0n) is 10.4. The summed E-state index contributed by atoms with van der Waals surface area (Å²) in [6, 6.07) is 5.59. The molecule has 0 unspecified atom stereocenters. The molecule has 2 aromatic rings. The molecule has 0 spiro atoms. The van der Waals surface area contributed by atoms with Gasteiger partial charge in [0.2, 0.25) is 0 Å². The Labute approximate surface area is 119 Å². The minimum absolute atomic E-state index is 0.0678. The molecule has 0 atom stereocenters. The molecule has 1 aromatic heterocycles. The van der Waals surface area contributed by atoms with Crippen molar-refractivity contribution in [1.29, 1.82) is 0 Å². The van der Waals surface area contributed by atoms with E-state index in [1.165, 1.54) is 0 Å². The van der Waals surface area contributed by atoms with E-state index >= 15 is 0 Å². The summed E-state index contributed by atoms with van der Waals surface area (Å²) >= 11 is 7.35. The molecule has 0 saturated heterocycles. The Bertz CT molecular complexity index is 607. The van der Waals surface area contributed by atoms with Gasteiger partial charge >= 0.3 is 5.97 Å². The first-order valence-corrected chi connectivity index (χ1v) is 6.89. The molecule has 19 heavy (non-hydrogen) atoms. The van der Waals surface area contributed by atoms with E-state index in [1.807, 2.05) is 19.1 Å². The predicted molar refractivity (Wildman–Crippen MR) is 74.2 cm³/mol. The van der Waals surface area contributed by atoms with Gasteiger partial charge in [-0.15, -0.1) is 10.2 Å². The number of benzene rings is 1. The van der Waals surface area contributed by atoms with E-state index in [4.69, 9.17) is 16.7 Å². The van der Waals surface area contributed by atoms with Crippen molar-refractivity contribution in [1.82, 2.24) is 14.8 Å². The van der Waals surface area contributed by atoms with Crippen molar-refractivity contribution in [2.75, 3.05) is 5.75 Å². The summed E-state index contributed by atoms with van der Waals surface area (Å²) in [5.74, 6) is -0.293. The zero-order chi connectivity index (χ0) is 14.0. The summed E-state index contributed by atoms with van der Waals surface area (Å²) in [6.45, 7) is 3.74. The summed E-state index contributed by atoms with van der Waals surface area (Å²) in [7, 11) is 0. The molecule has 5 nitrogen and oxygen atoms in total. The summed E-state index contributed by atoms with van der Waals surface area (Å²) in [6.07, 6.45) is 0. The molecule has 0 aliphatic heterocycles. The maximum Gasteiger partial charge on any atom is 0.313 e. The molecule has 1 aromatic carbocycles. The van der Waals surface area contributed by atoms with Crippen LogP contribution in [-0.4, -0.2) is 31.6 Å². The Balaban J connectivity index is 2.49. The number of aromatic nitrogens is 3. The van der Waals surface area contributed by atoms with Crippen molar-refractivity contribution in [3.8, 4) is 5.69 Å². The number of nitrogens with zero attached hydrogens (tertiary/aromatic N) is 3. The van der Waals surface area contributed by atoms with Crippen LogP contribution in [0.4, 0.5) is 0 Å². The van der Waals surface area contributed by atoms with E-state index in [9.17, 15) is 4.79 Å². The standard InChI is InChI=1S/C12H12ClN3O2S/c1-7-4-3-5-9(13)11(7)16-8(2)14-15-12(16)19-6-10(17)18/h3-5H,6H2,1-2H3,(H,17,18). The van der Waals surface area contributed by atoms with Gasteiger partial charge in [-0.05, 0) is 25.5 Å². The fraction of sp³-hybridized carbons (Fsp3) is 0.250. The first-order chi connectivity index (χ1) is 9.00. The molecule has 0 fully saturated rings. The monoisotopic (exact) mass is 297 g/mol. The SMILES string of the molecule is Cc1cccc(Cl)c1-n1c(C)nnc1SCC(=O)O. The number of rotatable bonds is 4. The minimum atomic E-state index is -0.895. The van der Waals surface area contributed by atoms with Crippen LogP contribution < -0.4 is 0 Å². The number of carboxylic acid groups (broad SMARTS) is 1. The zero-order valence-corrected chi connectivity index (χ0v) is 12.0. The average molecular weight is 298 g/mol. The van der Waals surface area contributed by atoms with Crippen molar-refractivity contribution >= 4 is 29.3 Å². The lowest BCUT2D eigenvalue weighted by Gasteiger charge is -2.12. The minimum Gasteiger partial charge on any atom is -0.481 e. The third-order valence-corrected chi connectivity index (χ3v) is 3.75. The van der Waals surface area contributed by atoms with Gasteiger partial charge in [0.05, 0.1) is 16.5 Å². The normalized spacial score (nSPS) is 10.7. The Morgan fingerprint density at radius 1 is 1.42 bits per heavy atom. The van der Waals surface area contributed by atoms with Crippen molar-refractivity contribution in [3.05, 3.63) is 34.6 Å². The van der Waals surface area contributed by atoms with Crippen LogP contribution in [-0.2, 0) is 4.79 Å². The Kier molecular flexibility index (Phi) is 4.11. The van der Waals surface area contributed by atoms with Crippen LogP contribution in [0.2, 0.25) is 5.02 Å². The molecule has 1 N–H and O–H groups in total. The lowest BCUT2D eigenvalue weighted by Crippen LogP contribution is -2.05. The number of hydrogen-bond acceptors (Lipinski definition) is 4. The van der Waals surface area contributed by atoms with Crippen LogP contribution in [0.1, 0.15) is 11.4 Å². The largest absolute Gasteiger partial charge is 0.481 e. The van der Waals surface area contributed by atoms with Gasteiger partial charge in [-0.3, -0.25) is 9.36 Å². The number of para-hydroxylation sites is 1. The number of halogens is 1. The van der Waals surface area contributed by atoms with Gasteiger partial charge in [-0.1, -0.05) is 35.5 Å². The molecule has 0 saturated carbocycles. The average Bonchev–Trinajstić information content (AvgIpc) is 2.69. The molecule has 1 heterocycles. The smallest absolute Gasteiger partial charge is 0.313 e. The van der Waals surface area contributed by atoms with Gasteiger partial charge in [0.1, 0.15) is 5.82 Å². The number of carbonyl (C=O) groups is 1. The molecule has 0 aliphatic carbocycles. The fourth-order valence-electron chi connectivity index (χ4n) is 1.73. The summed E-state index contributed by atoms with van der Waals surface area (Å²) in [5.41, 5.74) is 1.77. The summed E-state index contributed by atoms with van der Waals surface area (Å²) in [4.78, 5) is 10.7. The Morgan fingerprint density at radius 3 is 2.79 bits per heavy atom. The van der Waals surface area contributed by atoms with Crippen LogP contribution in [0, 0.1) is 13.8 Å². The molecule has 2 rings (SSSR count). The predicted octanol–water partition coefficient (Wildman–Crippen LogP) is 2.71. The van der Waals surface area contributed by atoms with Crippen LogP contribution in [0.5, 0.6) is 0 Å². The number of thioether (sulfide) groups is 1. The van der Waals surface area contributed by atoms with Crippen molar-refractivity contribution in [3.63, 3.8) is 0 Å². The third kappa shape index (κ3) is 2.90. The quantitative estimate of drug-likeness (QED) is 0.879. The lowest BCUT2D eigenvalue weighted by molar-refractivity contribution is -0.133. The van der Waals surface area contributed by atoms with Gasteiger partial charge in [0.25, 0.3) is 0 Å². The van der Waals surface area contributed by atoms with Gasteiger partial charge in [0, 0.05) is 0 Å². The van der Waals surface area contributed by atoms with Crippen LogP contribution in [0.15, 0.2) is 23.4 Å².